The smallest absolute Gasteiger partial charge is 0.326 e. The van der Waals surface area contributed by atoms with Crippen molar-refractivity contribution in [1.82, 2.24) is 16.0 Å². The normalized spacial score (nSPS) is 15.5. The third kappa shape index (κ3) is 9.65. The highest BCUT2D eigenvalue weighted by atomic mass is 16.4. The molecule has 4 unspecified atom stereocenters. The zero-order valence-corrected chi connectivity index (χ0v) is 17.2. The molecule has 3 amide bonds. The summed E-state index contributed by atoms with van der Waals surface area (Å²) in [5, 5.41) is 25.6. The van der Waals surface area contributed by atoms with Gasteiger partial charge in [0, 0.05) is 0 Å². The van der Waals surface area contributed by atoms with Crippen molar-refractivity contribution < 1.29 is 29.4 Å². The molecule has 0 heterocycles. The molecule has 10 nitrogen and oxygen atoms in total. The van der Waals surface area contributed by atoms with Crippen molar-refractivity contribution in [2.24, 2.45) is 17.6 Å². The average molecular weight is 402 g/mol. The first-order chi connectivity index (χ1) is 12.9. The van der Waals surface area contributed by atoms with Gasteiger partial charge in [-0.3, -0.25) is 14.4 Å². The molecule has 7 N–H and O–H groups in total. The molecule has 0 spiro atoms. The molecule has 0 radical (unpaired) electrons. The Balaban J connectivity index is 4.81. The molecule has 0 aliphatic carbocycles. The molecule has 0 aromatic heterocycles. The van der Waals surface area contributed by atoms with E-state index in [1.807, 2.05) is 27.7 Å². The van der Waals surface area contributed by atoms with Crippen molar-refractivity contribution in [2.45, 2.75) is 71.6 Å². The average Bonchev–Trinajstić information content (AvgIpc) is 2.57. The lowest BCUT2D eigenvalue weighted by Gasteiger charge is -2.23. The third-order valence-electron chi connectivity index (χ3n) is 3.95. The Morgan fingerprint density at radius 3 is 1.71 bits per heavy atom. The highest BCUT2D eigenvalue weighted by Crippen LogP contribution is 2.06. The minimum Gasteiger partial charge on any atom is -0.480 e. The van der Waals surface area contributed by atoms with Gasteiger partial charge in [-0.25, -0.2) is 4.79 Å². The van der Waals surface area contributed by atoms with E-state index in [1.54, 1.807) is 0 Å². The molecule has 0 aromatic carbocycles. The molecule has 28 heavy (non-hydrogen) atoms. The number of aliphatic hydroxyl groups excluding tert-OH is 1. The van der Waals surface area contributed by atoms with E-state index in [-0.39, 0.29) is 18.3 Å². The van der Waals surface area contributed by atoms with E-state index in [4.69, 9.17) is 5.73 Å². The van der Waals surface area contributed by atoms with Crippen LogP contribution in [0.4, 0.5) is 0 Å². The number of nitrogens with one attached hydrogen (secondary N) is 3. The van der Waals surface area contributed by atoms with Crippen LogP contribution < -0.4 is 21.7 Å². The zero-order valence-electron chi connectivity index (χ0n) is 17.2. The van der Waals surface area contributed by atoms with Crippen LogP contribution in [-0.2, 0) is 19.2 Å². The largest absolute Gasteiger partial charge is 0.480 e. The minimum absolute atomic E-state index is 0.0221. The summed E-state index contributed by atoms with van der Waals surface area (Å²) in [6, 6.07) is -4.23. The first-order valence-electron chi connectivity index (χ1n) is 9.39. The molecular weight excluding hydrogens is 368 g/mol. The predicted molar refractivity (Wildman–Crippen MR) is 103 cm³/mol. The zero-order chi connectivity index (χ0) is 22.0. The van der Waals surface area contributed by atoms with Gasteiger partial charge < -0.3 is 31.9 Å². The summed E-state index contributed by atoms with van der Waals surface area (Å²) in [7, 11) is 0. The second-order valence-corrected chi connectivity index (χ2v) is 7.74. The van der Waals surface area contributed by atoms with Crippen molar-refractivity contribution >= 4 is 23.7 Å². The van der Waals surface area contributed by atoms with E-state index in [2.05, 4.69) is 16.0 Å². The van der Waals surface area contributed by atoms with Gasteiger partial charge in [-0.15, -0.1) is 0 Å². The minimum atomic E-state index is -1.34. The maximum atomic E-state index is 12.2. The summed E-state index contributed by atoms with van der Waals surface area (Å²) in [6.07, 6.45) is 0.654. The lowest BCUT2D eigenvalue weighted by Crippen LogP contribution is -2.57. The number of carbonyl (C=O) groups is 4. The Morgan fingerprint density at radius 2 is 1.29 bits per heavy atom. The molecule has 0 bridgehead atoms. The monoisotopic (exact) mass is 402 g/mol. The van der Waals surface area contributed by atoms with Crippen molar-refractivity contribution in [2.75, 3.05) is 6.61 Å². The summed E-state index contributed by atoms with van der Waals surface area (Å²) in [5.41, 5.74) is 5.76. The Morgan fingerprint density at radius 1 is 0.786 bits per heavy atom. The van der Waals surface area contributed by atoms with Crippen molar-refractivity contribution in [1.29, 1.82) is 0 Å². The summed E-state index contributed by atoms with van der Waals surface area (Å²) in [4.78, 5) is 47.7. The number of nitrogens with two attached hydrogens (primary N) is 1. The third-order valence-corrected chi connectivity index (χ3v) is 3.95. The van der Waals surface area contributed by atoms with E-state index >= 15 is 0 Å². The van der Waals surface area contributed by atoms with E-state index in [9.17, 15) is 29.4 Å². The van der Waals surface area contributed by atoms with Gasteiger partial charge >= 0.3 is 5.97 Å². The fourth-order valence-corrected chi connectivity index (χ4v) is 2.46. The lowest BCUT2D eigenvalue weighted by molar-refractivity contribution is -0.143. The fourth-order valence-electron chi connectivity index (χ4n) is 2.46. The molecular formula is C18H34N4O6. The second-order valence-electron chi connectivity index (χ2n) is 7.74. The van der Waals surface area contributed by atoms with Gasteiger partial charge in [0.05, 0.1) is 12.6 Å². The number of hydrogen-bond acceptors (Lipinski definition) is 6. The maximum absolute atomic E-state index is 12.2. The van der Waals surface area contributed by atoms with E-state index in [0.29, 0.717) is 6.42 Å². The van der Waals surface area contributed by atoms with Crippen LogP contribution in [0.15, 0.2) is 0 Å². The van der Waals surface area contributed by atoms with Gasteiger partial charge in [0.15, 0.2) is 0 Å². The maximum Gasteiger partial charge on any atom is 0.326 e. The fraction of sp³-hybridized carbons (Fsp3) is 0.778. The van der Waals surface area contributed by atoms with Crippen LogP contribution in [0.1, 0.15) is 47.5 Å². The van der Waals surface area contributed by atoms with E-state index in [1.165, 1.54) is 6.92 Å². The Hall–Kier alpha value is -2.20. The number of carboxylic acid groups (broad SMARTS) is 1. The van der Waals surface area contributed by atoms with Crippen LogP contribution in [-0.4, -0.2) is 64.7 Å². The lowest BCUT2D eigenvalue weighted by atomic mass is 10.0. The Labute approximate surface area is 165 Å². The quantitative estimate of drug-likeness (QED) is 0.242. The predicted octanol–water partition coefficient (Wildman–Crippen LogP) is -1.04. The van der Waals surface area contributed by atoms with Crippen molar-refractivity contribution in [3.05, 3.63) is 0 Å². The molecule has 0 aromatic rings. The van der Waals surface area contributed by atoms with Crippen molar-refractivity contribution in [3.8, 4) is 0 Å². The summed E-state index contributed by atoms with van der Waals surface area (Å²) in [5.74, 6) is -2.99. The first-order valence-corrected chi connectivity index (χ1v) is 9.39. The highest BCUT2D eigenvalue weighted by molar-refractivity contribution is 5.93. The number of amides is 3. The topological polar surface area (TPSA) is 171 Å². The van der Waals surface area contributed by atoms with Gasteiger partial charge in [-0.05, 0) is 31.6 Å². The number of aliphatic hydroxyl groups is 1. The highest BCUT2D eigenvalue weighted by Gasteiger charge is 2.28. The standard InChI is InChI=1S/C18H34N4O6/c1-9(2)6-12(19)16(25)20-11(5)15(24)22-14(8-23)17(26)21-13(18(27)28)7-10(3)4/h9-14,23H,6-8,19H2,1-5H3,(H,20,25)(H,21,26)(H,22,24)(H,27,28). The van der Waals surface area contributed by atoms with Gasteiger partial charge in [0.2, 0.25) is 17.7 Å². The first kappa shape index (κ1) is 25.8. The SMILES string of the molecule is CC(C)CC(N)C(=O)NC(C)C(=O)NC(CO)C(=O)NC(CC(C)C)C(=O)O. The second kappa shape index (κ2) is 12.3. The molecule has 0 rings (SSSR count). The molecule has 162 valence electrons. The molecule has 0 saturated heterocycles. The van der Waals surface area contributed by atoms with Gasteiger partial charge in [0.25, 0.3) is 0 Å². The number of aliphatic carboxylic acids is 1. The molecule has 10 heteroatoms. The van der Waals surface area contributed by atoms with Gasteiger partial charge in [-0.1, -0.05) is 27.7 Å². The molecule has 0 saturated carbocycles. The number of carbonyl (C=O) groups excluding carboxylic acids is 3. The Bertz CT molecular complexity index is 552. The van der Waals surface area contributed by atoms with Crippen LogP contribution in [0, 0.1) is 11.8 Å². The Kier molecular flexibility index (Phi) is 11.3. The van der Waals surface area contributed by atoms with Gasteiger partial charge in [0.1, 0.15) is 18.1 Å². The molecule has 0 aliphatic heterocycles. The van der Waals surface area contributed by atoms with Crippen LogP contribution in [0.5, 0.6) is 0 Å². The van der Waals surface area contributed by atoms with Crippen LogP contribution in [0.25, 0.3) is 0 Å². The van der Waals surface area contributed by atoms with Gasteiger partial charge in [-0.2, -0.15) is 0 Å². The van der Waals surface area contributed by atoms with E-state index < -0.39 is 54.5 Å². The van der Waals surface area contributed by atoms with Crippen LogP contribution in [0.3, 0.4) is 0 Å². The number of rotatable bonds is 12. The number of hydrogen-bond donors (Lipinski definition) is 6. The van der Waals surface area contributed by atoms with Crippen LogP contribution in [0.2, 0.25) is 0 Å². The van der Waals surface area contributed by atoms with E-state index in [0.717, 1.165) is 0 Å². The summed E-state index contributed by atoms with van der Waals surface area (Å²) >= 11 is 0. The van der Waals surface area contributed by atoms with Crippen LogP contribution >= 0.6 is 0 Å². The number of carboxylic acids is 1. The summed E-state index contributed by atoms with van der Waals surface area (Å²) < 4.78 is 0. The molecule has 4 atom stereocenters. The van der Waals surface area contributed by atoms with Crippen molar-refractivity contribution in [3.63, 3.8) is 0 Å². The molecule has 0 aliphatic rings. The molecule has 0 fully saturated rings. The summed E-state index contributed by atoms with van der Waals surface area (Å²) in [6.45, 7) is 8.14.